The van der Waals surface area contributed by atoms with E-state index in [0.717, 1.165) is 46.9 Å². The second-order valence-corrected chi connectivity index (χ2v) is 8.17. The van der Waals surface area contributed by atoms with E-state index in [9.17, 15) is 4.79 Å². The number of hydrogen-bond acceptors (Lipinski definition) is 6. The van der Waals surface area contributed by atoms with Crippen LogP contribution in [0.4, 0.5) is 17.2 Å². The van der Waals surface area contributed by atoms with Crippen LogP contribution >= 0.6 is 0 Å². The first kappa shape index (κ1) is 22.1. The van der Waals surface area contributed by atoms with Crippen molar-refractivity contribution >= 4 is 34.0 Å². The summed E-state index contributed by atoms with van der Waals surface area (Å²) in [5.41, 5.74) is 5.44. The van der Waals surface area contributed by atoms with Crippen molar-refractivity contribution in [2.24, 2.45) is 0 Å². The number of aromatic amines is 1. The molecule has 0 unspecified atom stereocenters. The molecule has 3 heterocycles. The average Bonchev–Trinajstić information content (AvgIpc) is 3.10. The number of aryl methyl sites for hydroxylation is 2. The van der Waals surface area contributed by atoms with E-state index in [2.05, 4.69) is 33.9 Å². The van der Waals surface area contributed by atoms with Crippen molar-refractivity contribution in [1.82, 2.24) is 9.97 Å². The number of carbonyl (C=O) groups is 1. The van der Waals surface area contributed by atoms with Gasteiger partial charge in [-0.3, -0.25) is 4.79 Å². The number of carbonyl (C=O) groups excluding carboxylic acids is 1. The highest BCUT2D eigenvalue weighted by Crippen LogP contribution is 2.26. The molecular weight excluding hydrogens is 406 g/mol. The topological polar surface area (TPSA) is 82.7 Å². The van der Waals surface area contributed by atoms with Crippen LogP contribution in [-0.2, 0) is 9.47 Å². The van der Waals surface area contributed by atoms with Crippen molar-refractivity contribution in [2.75, 3.05) is 68.7 Å². The number of anilines is 3. The van der Waals surface area contributed by atoms with Gasteiger partial charge >= 0.3 is 0 Å². The van der Waals surface area contributed by atoms with Gasteiger partial charge in [0, 0.05) is 67.8 Å². The molecule has 1 aromatic carbocycles. The van der Waals surface area contributed by atoms with Crippen molar-refractivity contribution < 1.29 is 14.3 Å². The molecule has 4 rings (SSSR count). The molecular formula is C24H31N5O3. The van der Waals surface area contributed by atoms with Gasteiger partial charge in [0.15, 0.2) is 0 Å². The molecule has 170 valence electrons. The van der Waals surface area contributed by atoms with Gasteiger partial charge in [-0.15, -0.1) is 0 Å². The van der Waals surface area contributed by atoms with Crippen LogP contribution in [0.2, 0.25) is 0 Å². The number of amides is 1. The molecule has 0 spiro atoms. The van der Waals surface area contributed by atoms with Crippen LogP contribution in [0.15, 0.2) is 30.3 Å². The summed E-state index contributed by atoms with van der Waals surface area (Å²) < 4.78 is 10.7. The monoisotopic (exact) mass is 437 g/mol. The summed E-state index contributed by atoms with van der Waals surface area (Å²) in [6.45, 7) is 8.26. The maximum Gasteiger partial charge on any atom is 0.274 e. The van der Waals surface area contributed by atoms with Crippen molar-refractivity contribution in [1.29, 1.82) is 0 Å². The molecule has 0 atom stereocenters. The van der Waals surface area contributed by atoms with Crippen LogP contribution < -0.4 is 15.1 Å². The number of rotatable bonds is 7. The van der Waals surface area contributed by atoms with E-state index < -0.39 is 0 Å². The predicted molar refractivity (Wildman–Crippen MR) is 128 cm³/mol. The van der Waals surface area contributed by atoms with Gasteiger partial charge in [-0.05, 0) is 43.7 Å². The number of pyridine rings is 1. The summed E-state index contributed by atoms with van der Waals surface area (Å²) >= 11 is 0. The Balaban J connectivity index is 1.62. The Morgan fingerprint density at radius 3 is 2.78 bits per heavy atom. The number of likely N-dealkylation sites (N-methyl/N-ethyl adjacent to an activating group) is 1. The molecule has 1 aliphatic heterocycles. The van der Waals surface area contributed by atoms with E-state index in [1.807, 2.05) is 37.4 Å². The molecule has 1 saturated heterocycles. The van der Waals surface area contributed by atoms with Gasteiger partial charge in [-0.2, -0.15) is 0 Å². The van der Waals surface area contributed by atoms with Gasteiger partial charge in [0.25, 0.3) is 5.91 Å². The maximum absolute atomic E-state index is 13.2. The fraction of sp³-hybridized carbons (Fsp3) is 0.417. The standard InChI is InChI=1S/C24H31N5O3/c1-16-17(2)25-21-6-5-18(13-20(16)21)26-24(30)22-14-19(28(3)7-10-31-4)15-23(27-22)29-8-11-32-12-9-29/h5-6,13-15,25H,7-12H2,1-4H3,(H,26,30). The lowest BCUT2D eigenvalue weighted by molar-refractivity contribution is 0.102. The Morgan fingerprint density at radius 2 is 2.03 bits per heavy atom. The fourth-order valence-electron chi connectivity index (χ4n) is 3.88. The van der Waals surface area contributed by atoms with Gasteiger partial charge in [0.05, 0.1) is 19.8 Å². The molecule has 2 aromatic heterocycles. The molecule has 1 aliphatic rings. The van der Waals surface area contributed by atoms with Crippen LogP contribution in [0.3, 0.4) is 0 Å². The molecule has 3 aromatic rings. The highest BCUT2D eigenvalue weighted by molar-refractivity contribution is 6.05. The normalized spacial score (nSPS) is 14.1. The zero-order valence-electron chi connectivity index (χ0n) is 19.2. The van der Waals surface area contributed by atoms with Crippen LogP contribution in [0, 0.1) is 13.8 Å². The van der Waals surface area contributed by atoms with Crippen LogP contribution in [0.5, 0.6) is 0 Å². The van der Waals surface area contributed by atoms with Gasteiger partial charge in [0.1, 0.15) is 11.5 Å². The summed E-state index contributed by atoms with van der Waals surface area (Å²) in [5, 5.41) is 4.13. The second-order valence-electron chi connectivity index (χ2n) is 8.17. The van der Waals surface area contributed by atoms with E-state index in [4.69, 9.17) is 14.5 Å². The molecule has 8 heteroatoms. The summed E-state index contributed by atoms with van der Waals surface area (Å²) in [6, 6.07) is 9.76. The highest BCUT2D eigenvalue weighted by Gasteiger charge is 2.19. The molecule has 8 nitrogen and oxygen atoms in total. The van der Waals surface area contributed by atoms with Gasteiger partial charge in [-0.1, -0.05) is 0 Å². The Hall–Kier alpha value is -3.10. The molecule has 1 amide bonds. The van der Waals surface area contributed by atoms with Crippen molar-refractivity contribution in [2.45, 2.75) is 13.8 Å². The Bertz CT molecular complexity index is 1100. The van der Waals surface area contributed by atoms with Crippen molar-refractivity contribution in [3.8, 4) is 0 Å². The minimum Gasteiger partial charge on any atom is -0.383 e. The first-order chi connectivity index (χ1) is 15.5. The maximum atomic E-state index is 13.2. The molecule has 0 bridgehead atoms. The summed E-state index contributed by atoms with van der Waals surface area (Å²) in [7, 11) is 3.67. The smallest absolute Gasteiger partial charge is 0.274 e. The zero-order chi connectivity index (χ0) is 22.7. The minimum atomic E-state index is -0.231. The van der Waals surface area contributed by atoms with Crippen molar-refractivity contribution in [3.05, 3.63) is 47.3 Å². The average molecular weight is 438 g/mol. The molecule has 0 aliphatic carbocycles. The number of aromatic nitrogens is 2. The van der Waals surface area contributed by atoms with Gasteiger partial charge < -0.3 is 29.6 Å². The predicted octanol–water partition coefficient (Wildman–Crippen LogP) is 3.35. The first-order valence-corrected chi connectivity index (χ1v) is 10.9. The first-order valence-electron chi connectivity index (χ1n) is 10.9. The van der Waals surface area contributed by atoms with E-state index in [1.165, 1.54) is 5.56 Å². The van der Waals surface area contributed by atoms with Gasteiger partial charge in [0.2, 0.25) is 0 Å². The van der Waals surface area contributed by atoms with E-state index in [0.29, 0.717) is 32.1 Å². The SMILES string of the molecule is COCCN(C)c1cc(C(=O)Nc2ccc3[nH]c(C)c(C)c3c2)nc(N2CCOCC2)c1. The minimum absolute atomic E-state index is 0.231. The Kier molecular flexibility index (Phi) is 6.62. The Labute approximate surface area is 188 Å². The molecule has 2 N–H and O–H groups in total. The molecule has 0 saturated carbocycles. The highest BCUT2D eigenvalue weighted by atomic mass is 16.5. The second kappa shape index (κ2) is 9.58. The summed E-state index contributed by atoms with van der Waals surface area (Å²) in [5.74, 6) is 0.554. The number of hydrogen-bond donors (Lipinski definition) is 2. The lowest BCUT2D eigenvalue weighted by Crippen LogP contribution is -2.37. The van der Waals surface area contributed by atoms with Crippen LogP contribution in [0.25, 0.3) is 10.9 Å². The van der Waals surface area contributed by atoms with Crippen LogP contribution in [-0.4, -0.2) is 69.5 Å². The number of methoxy groups -OCH3 is 1. The lowest BCUT2D eigenvalue weighted by Gasteiger charge is -2.29. The van der Waals surface area contributed by atoms with Gasteiger partial charge in [-0.25, -0.2) is 4.98 Å². The van der Waals surface area contributed by atoms with E-state index in [1.54, 1.807) is 7.11 Å². The number of morpholine rings is 1. The van der Waals surface area contributed by atoms with E-state index >= 15 is 0 Å². The number of fused-ring (bicyclic) bond motifs is 1. The third-order valence-corrected chi connectivity index (χ3v) is 6.00. The number of H-pyrrole nitrogens is 1. The number of nitrogens with zero attached hydrogens (tertiary/aromatic N) is 3. The third-order valence-electron chi connectivity index (χ3n) is 6.00. The van der Waals surface area contributed by atoms with E-state index in [-0.39, 0.29) is 5.91 Å². The number of benzene rings is 1. The summed E-state index contributed by atoms with van der Waals surface area (Å²) in [6.07, 6.45) is 0. The largest absolute Gasteiger partial charge is 0.383 e. The Morgan fingerprint density at radius 1 is 1.25 bits per heavy atom. The zero-order valence-corrected chi connectivity index (χ0v) is 19.2. The lowest BCUT2D eigenvalue weighted by atomic mass is 10.1. The van der Waals surface area contributed by atoms with Crippen LogP contribution in [0.1, 0.15) is 21.7 Å². The molecule has 1 fully saturated rings. The summed E-state index contributed by atoms with van der Waals surface area (Å²) in [4.78, 5) is 25.5. The third kappa shape index (κ3) is 4.71. The molecule has 32 heavy (non-hydrogen) atoms. The number of nitrogens with one attached hydrogen (secondary N) is 2. The quantitative estimate of drug-likeness (QED) is 0.590. The number of ether oxygens (including phenoxy) is 2. The van der Waals surface area contributed by atoms with Crippen molar-refractivity contribution in [3.63, 3.8) is 0 Å². The molecule has 0 radical (unpaired) electrons. The fourth-order valence-corrected chi connectivity index (χ4v) is 3.88.